The van der Waals surface area contributed by atoms with E-state index in [4.69, 9.17) is 4.98 Å². The zero-order valence-electron chi connectivity index (χ0n) is 30.1. The molecule has 43 heavy (non-hydrogen) atoms. The summed E-state index contributed by atoms with van der Waals surface area (Å²) in [7, 11) is 5.82. The number of allylic oxidation sites excluding steroid dienone is 4. The van der Waals surface area contributed by atoms with Gasteiger partial charge in [-0.25, -0.2) is 0 Å². The van der Waals surface area contributed by atoms with Crippen LogP contribution in [-0.2, 0) is 4.79 Å². The van der Waals surface area contributed by atoms with Gasteiger partial charge in [-0.1, -0.05) is 104 Å². The summed E-state index contributed by atoms with van der Waals surface area (Å²) in [5.74, 6) is 2.08. The summed E-state index contributed by atoms with van der Waals surface area (Å²) in [4.78, 5) is 20.6. The van der Waals surface area contributed by atoms with Gasteiger partial charge in [0, 0.05) is 50.4 Å². The number of aromatic nitrogens is 1. The van der Waals surface area contributed by atoms with Crippen LogP contribution in [0.5, 0.6) is 0 Å². The SMILES string of the molecule is C=C/C(=C\N(C)C)c1cccc(-c2nc(C)c(/C(C=NC)=C/C)cc2C)c1.CC.CC(C)=O.CCCC(CC)C(C)CC. The number of pyridine rings is 1. The zero-order valence-corrected chi connectivity index (χ0v) is 30.1. The fraction of sp³-hybridized carbons (Fsp3) is 0.513. The van der Waals surface area contributed by atoms with E-state index in [0.717, 1.165) is 56.6 Å². The molecule has 0 N–H and O–H groups in total. The largest absolute Gasteiger partial charge is 0.383 e. The molecule has 0 aliphatic carbocycles. The van der Waals surface area contributed by atoms with Gasteiger partial charge in [0.15, 0.2) is 0 Å². The fourth-order valence-corrected chi connectivity index (χ4v) is 4.69. The van der Waals surface area contributed by atoms with Gasteiger partial charge in [0.05, 0.1) is 5.69 Å². The van der Waals surface area contributed by atoms with Crippen LogP contribution in [0.3, 0.4) is 0 Å². The number of aliphatic imine (C=N–C) groups is 1. The summed E-state index contributed by atoms with van der Waals surface area (Å²) in [5, 5.41) is 0. The van der Waals surface area contributed by atoms with Crippen molar-refractivity contribution in [3.8, 4) is 11.3 Å². The number of carbonyl (C=O) groups is 1. The predicted molar refractivity (Wildman–Crippen MR) is 195 cm³/mol. The molecular weight excluding hydrogens is 526 g/mol. The van der Waals surface area contributed by atoms with E-state index in [0.29, 0.717) is 0 Å². The van der Waals surface area contributed by atoms with Gasteiger partial charge < -0.3 is 9.69 Å². The Labute approximate surface area is 266 Å². The molecule has 1 aromatic heterocycles. The van der Waals surface area contributed by atoms with Crippen molar-refractivity contribution in [1.29, 1.82) is 0 Å². The molecule has 0 saturated heterocycles. The minimum atomic E-state index is 0.167. The Bertz CT molecular complexity index is 1170. The highest BCUT2D eigenvalue weighted by atomic mass is 16.1. The van der Waals surface area contributed by atoms with Crippen molar-refractivity contribution in [3.05, 3.63) is 77.6 Å². The van der Waals surface area contributed by atoms with E-state index in [1.807, 2.05) is 52.1 Å². The highest BCUT2D eigenvalue weighted by Crippen LogP contribution is 2.29. The first-order chi connectivity index (χ1) is 20.4. The molecule has 4 heteroatoms. The smallest absolute Gasteiger partial charge is 0.126 e. The van der Waals surface area contributed by atoms with Crippen LogP contribution in [0.15, 0.2) is 60.3 Å². The summed E-state index contributed by atoms with van der Waals surface area (Å²) in [6.07, 6.45) is 13.4. The monoisotopic (exact) mass is 589 g/mol. The van der Waals surface area contributed by atoms with Crippen molar-refractivity contribution in [2.75, 3.05) is 21.1 Å². The standard InChI is InChI=1S/C24H29N3.C10H22.C3H6O.C2H6/c1-8-19(15-25-5)23-13-17(3)24(26-18(23)4)22-12-10-11-21(14-22)20(9-2)16-27(6)7;1-5-8-10(7-3)9(4)6-2;1-3(2)4;1-2/h8-16H,2H2,1,3-7H3;9-10H,5-8H2,1-4H3;1-2H3;1-2H3/b19-8+,20-16+,25-15?;;;. The Morgan fingerprint density at radius 3 is 2.09 bits per heavy atom. The van der Waals surface area contributed by atoms with Gasteiger partial charge in [-0.2, -0.15) is 0 Å². The van der Waals surface area contributed by atoms with Crippen molar-refractivity contribution < 1.29 is 4.79 Å². The van der Waals surface area contributed by atoms with Gasteiger partial charge in [0.2, 0.25) is 0 Å². The quantitative estimate of drug-likeness (QED) is 0.193. The van der Waals surface area contributed by atoms with E-state index in [1.54, 1.807) is 7.05 Å². The van der Waals surface area contributed by atoms with Crippen molar-refractivity contribution >= 4 is 23.1 Å². The van der Waals surface area contributed by atoms with Crippen molar-refractivity contribution in [3.63, 3.8) is 0 Å². The van der Waals surface area contributed by atoms with Crippen LogP contribution < -0.4 is 0 Å². The van der Waals surface area contributed by atoms with E-state index >= 15 is 0 Å². The molecule has 2 rings (SSSR count). The lowest BCUT2D eigenvalue weighted by Crippen LogP contribution is -2.09. The lowest BCUT2D eigenvalue weighted by molar-refractivity contribution is -0.115. The number of aryl methyl sites for hydroxylation is 2. The molecular formula is C39H63N3O. The molecule has 2 unspecified atom stereocenters. The highest BCUT2D eigenvalue weighted by Gasteiger charge is 2.12. The minimum Gasteiger partial charge on any atom is -0.383 e. The Hall–Kier alpha value is -3.27. The van der Waals surface area contributed by atoms with Gasteiger partial charge >= 0.3 is 0 Å². The maximum absolute atomic E-state index is 9.44. The van der Waals surface area contributed by atoms with Gasteiger partial charge in [0.25, 0.3) is 0 Å². The molecule has 2 atom stereocenters. The van der Waals surface area contributed by atoms with E-state index in [-0.39, 0.29) is 5.78 Å². The van der Waals surface area contributed by atoms with E-state index in [2.05, 4.69) is 95.7 Å². The number of rotatable bonds is 11. The van der Waals surface area contributed by atoms with E-state index in [1.165, 1.54) is 39.5 Å². The van der Waals surface area contributed by atoms with E-state index in [9.17, 15) is 4.79 Å². The predicted octanol–water partition coefficient (Wildman–Crippen LogP) is 11.0. The minimum absolute atomic E-state index is 0.167. The van der Waals surface area contributed by atoms with Crippen LogP contribution in [0.1, 0.15) is 110 Å². The van der Waals surface area contributed by atoms with Crippen LogP contribution in [0.25, 0.3) is 22.4 Å². The van der Waals surface area contributed by atoms with Crippen molar-refractivity contribution in [1.82, 2.24) is 9.88 Å². The van der Waals surface area contributed by atoms with Crippen LogP contribution in [0.2, 0.25) is 0 Å². The average Bonchev–Trinajstić information content (AvgIpc) is 2.99. The molecule has 0 aliphatic rings. The first kappa shape index (κ1) is 41.9. The third-order valence-electron chi connectivity index (χ3n) is 7.01. The van der Waals surface area contributed by atoms with Crippen molar-refractivity contribution in [2.24, 2.45) is 16.8 Å². The Morgan fingerprint density at radius 2 is 1.65 bits per heavy atom. The van der Waals surface area contributed by atoms with Crippen LogP contribution in [0.4, 0.5) is 0 Å². The topological polar surface area (TPSA) is 45.6 Å². The molecule has 240 valence electrons. The molecule has 0 radical (unpaired) electrons. The number of benzene rings is 1. The molecule has 0 fully saturated rings. The number of hydrogen-bond acceptors (Lipinski definition) is 4. The molecule has 4 nitrogen and oxygen atoms in total. The number of ketones is 1. The van der Waals surface area contributed by atoms with E-state index < -0.39 is 0 Å². The highest BCUT2D eigenvalue weighted by molar-refractivity contribution is 6.10. The first-order valence-electron chi connectivity index (χ1n) is 16.1. The number of Topliss-reactive ketones (excluding diaryl/α,β-unsaturated/α-hetero) is 1. The summed E-state index contributed by atoms with van der Waals surface area (Å²) in [5.41, 5.74) is 8.70. The lowest BCUT2D eigenvalue weighted by Gasteiger charge is -2.20. The molecule has 0 spiro atoms. The number of carbonyl (C=O) groups excluding carboxylic acids is 1. The number of nitrogens with zero attached hydrogens (tertiary/aromatic N) is 3. The van der Waals surface area contributed by atoms with Crippen LogP contribution in [0, 0.1) is 25.7 Å². The Morgan fingerprint density at radius 1 is 1.05 bits per heavy atom. The number of hydrogen-bond donors (Lipinski definition) is 0. The van der Waals surface area contributed by atoms with Gasteiger partial charge in [-0.05, 0) is 80.9 Å². The molecule has 0 saturated carbocycles. The molecule has 0 bridgehead atoms. The maximum atomic E-state index is 9.44. The van der Waals surface area contributed by atoms with Crippen LogP contribution in [-0.4, -0.2) is 43.0 Å². The second-order valence-electron chi connectivity index (χ2n) is 11.0. The summed E-state index contributed by atoms with van der Waals surface area (Å²) in [6, 6.07) is 10.7. The van der Waals surface area contributed by atoms with Gasteiger partial charge in [0.1, 0.15) is 5.78 Å². The van der Waals surface area contributed by atoms with Gasteiger partial charge in [-0.15, -0.1) is 0 Å². The van der Waals surface area contributed by atoms with Gasteiger partial charge in [-0.3, -0.25) is 9.98 Å². The molecule has 2 aromatic rings. The molecule has 0 amide bonds. The third kappa shape index (κ3) is 16.2. The normalized spacial score (nSPS) is 12.5. The summed E-state index contributed by atoms with van der Waals surface area (Å²) < 4.78 is 0. The molecule has 1 aromatic carbocycles. The second kappa shape index (κ2) is 24.2. The molecule has 1 heterocycles. The molecule has 0 aliphatic heterocycles. The Balaban J connectivity index is 0. The van der Waals surface area contributed by atoms with Crippen LogP contribution >= 0.6 is 0 Å². The van der Waals surface area contributed by atoms with Crippen molar-refractivity contribution in [2.45, 2.75) is 102 Å². The average molecular weight is 590 g/mol. The Kier molecular flexibility index (Phi) is 23.6. The summed E-state index contributed by atoms with van der Waals surface area (Å²) >= 11 is 0. The maximum Gasteiger partial charge on any atom is 0.126 e. The second-order valence-corrected chi connectivity index (χ2v) is 11.0. The lowest BCUT2D eigenvalue weighted by atomic mass is 9.86. The summed E-state index contributed by atoms with van der Waals surface area (Å²) in [6.45, 7) is 26.5. The zero-order chi connectivity index (χ0) is 33.5. The fourth-order valence-electron chi connectivity index (χ4n) is 4.69. The third-order valence-corrected chi connectivity index (χ3v) is 7.01. The first-order valence-corrected chi connectivity index (χ1v) is 16.1.